The molecule has 0 aromatic rings. The van der Waals surface area contributed by atoms with Crippen molar-refractivity contribution >= 4 is 14.3 Å². The van der Waals surface area contributed by atoms with Crippen molar-refractivity contribution in [1.29, 1.82) is 0 Å². The Labute approximate surface area is 153 Å². The summed E-state index contributed by atoms with van der Waals surface area (Å²) in [5, 5.41) is 0. The van der Waals surface area contributed by atoms with Gasteiger partial charge in [-0.15, -0.1) is 0 Å². The molecule has 1 aliphatic rings. The molecule has 0 radical (unpaired) electrons. The first kappa shape index (κ1) is 22.6. The maximum atomic E-state index is 11.7. The molecule has 0 aliphatic carbocycles. The van der Waals surface area contributed by atoms with Gasteiger partial charge in [0.05, 0.1) is 18.9 Å². The fourth-order valence-corrected chi connectivity index (χ4v) is 6.84. The van der Waals surface area contributed by atoms with Crippen molar-refractivity contribution in [3.63, 3.8) is 0 Å². The number of hydrogen-bond donors (Lipinski definition) is 0. The van der Waals surface area contributed by atoms with E-state index in [1.807, 2.05) is 13.8 Å². The van der Waals surface area contributed by atoms with Crippen LogP contribution in [-0.2, 0) is 28.2 Å². The van der Waals surface area contributed by atoms with Crippen LogP contribution in [0.2, 0.25) is 12.1 Å². The number of carbonyl (C=O) groups excluding carboxylic acids is 1. The van der Waals surface area contributed by atoms with Crippen LogP contribution in [0.1, 0.15) is 67.2 Å². The molecule has 1 fully saturated rings. The molecule has 0 saturated carbocycles. The van der Waals surface area contributed by atoms with Crippen LogP contribution in [-0.4, -0.2) is 45.5 Å². The van der Waals surface area contributed by atoms with Gasteiger partial charge in [-0.25, -0.2) is 0 Å². The van der Waals surface area contributed by atoms with Gasteiger partial charge in [-0.1, -0.05) is 34.6 Å². The molecule has 0 aromatic carbocycles. The van der Waals surface area contributed by atoms with Crippen molar-refractivity contribution in [2.75, 3.05) is 13.2 Å². The van der Waals surface area contributed by atoms with E-state index in [9.17, 15) is 4.79 Å². The molecule has 0 amide bonds. The van der Waals surface area contributed by atoms with Crippen molar-refractivity contribution in [1.82, 2.24) is 0 Å². The second-order valence-electron chi connectivity index (χ2n) is 6.44. The minimum absolute atomic E-state index is 0.117. The van der Waals surface area contributed by atoms with Crippen LogP contribution in [0.5, 0.6) is 0 Å². The summed E-state index contributed by atoms with van der Waals surface area (Å²) < 4.78 is 29.8. The zero-order chi connectivity index (χ0) is 18.9. The van der Waals surface area contributed by atoms with Crippen LogP contribution in [0, 0.1) is 0 Å². The van der Waals surface area contributed by atoms with Gasteiger partial charge >= 0.3 is 0 Å². The molecule has 2 unspecified atom stereocenters. The Hall–Kier alpha value is -0.473. The summed E-state index contributed by atoms with van der Waals surface area (Å²) in [4.78, 5) is 11.7. The third kappa shape index (κ3) is 6.03. The van der Waals surface area contributed by atoms with E-state index >= 15 is 0 Å². The van der Waals surface area contributed by atoms with Crippen LogP contribution >= 0.6 is 0 Å². The lowest BCUT2D eigenvalue weighted by Crippen LogP contribution is -2.54. The highest BCUT2D eigenvalue weighted by molar-refractivity contribution is 6.76. The van der Waals surface area contributed by atoms with Gasteiger partial charge in [0.2, 0.25) is 0 Å². The summed E-state index contributed by atoms with van der Waals surface area (Å²) in [5.41, 5.74) is -0.117. The number of carbonyl (C=O) groups is 1. The fourth-order valence-electron chi connectivity index (χ4n) is 3.30. The average Bonchev–Trinajstić information content (AvgIpc) is 2.63. The van der Waals surface area contributed by atoms with Gasteiger partial charge in [-0.3, -0.25) is 9.53 Å². The van der Waals surface area contributed by atoms with Crippen LogP contribution in [0.25, 0.3) is 0 Å². The quantitative estimate of drug-likeness (QED) is 0.399. The Morgan fingerprint density at radius 2 is 1.68 bits per heavy atom. The van der Waals surface area contributed by atoms with Crippen molar-refractivity contribution < 1.29 is 28.2 Å². The predicted molar refractivity (Wildman–Crippen MR) is 98.4 cm³/mol. The molecule has 1 saturated heterocycles. The highest BCUT2D eigenvalue weighted by Gasteiger charge is 2.45. The molecule has 6 nitrogen and oxygen atoms in total. The highest BCUT2D eigenvalue weighted by atomic mass is 28.4. The summed E-state index contributed by atoms with van der Waals surface area (Å²) in [7, 11) is -2.35. The standard InChI is InChI=1S/C18H36O6Si/c1-7-16(23-18(9-3)20-13-12-14-21-18)22-17(8-2)25(10-4,11-5)24-15(6)19/h16-17H,7-14H2,1-6H3. The summed E-state index contributed by atoms with van der Waals surface area (Å²) in [6.45, 7) is 12.9. The van der Waals surface area contributed by atoms with E-state index < -0.39 is 20.6 Å². The number of ether oxygens (including phenoxy) is 4. The molecule has 1 heterocycles. The zero-order valence-corrected chi connectivity index (χ0v) is 17.8. The molecule has 1 aliphatic heterocycles. The third-order valence-corrected chi connectivity index (χ3v) is 9.63. The maximum absolute atomic E-state index is 11.7. The number of hydrogen-bond acceptors (Lipinski definition) is 6. The predicted octanol–water partition coefficient (Wildman–Crippen LogP) is 4.12. The van der Waals surface area contributed by atoms with E-state index in [1.54, 1.807) is 0 Å². The largest absolute Gasteiger partial charge is 0.517 e. The van der Waals surface area contributed by atoms with Crippen LogP contribution < -0.4 is 0 Å². The summed E-state index contributed by atoms with van der Waals surface area (Å²) >= 11 is 0. The van der Waals surface area contributed by atoms with Crippen LogP contribution in [0.3, 0.4) is 0 Å². The average molecular weight is 377 g/mol. The molecule has 0 bridgehead atoms. The van der Waals surface area contributed by atoms with Gasteiger partial charge in [0.25, 0.3) is 20.3 Å². The first-order chi connectivity index (χ1) is 11.9. The minimum atomic E-state index is -2.35. The van der Waals surface area contributed by atoms with Gasteiger partial charge in [0.15, 0.2) is 6.29 Å². The van der Waals surface area contributed by atoms with Crippen LogP contribution in [0.4, 0.5) is 0 Å². The molecule has 7 heteroatoms. The highest BCUT2D eigenvalue weighted by Crippen LogP contribution is 2.31. The lowest BCUT2D eigenvalue weighted by molar-refractivity contribution is -0.436. The topological polar surface area (TPSA) is 63.2 Å². The molecule has 25 heavy (non-hydrogen) atoms. The van der Waals surface area contributed by atoms with Crippen molar-refractivity contribution in [3.8, 4) is 0 Å². The lowest BCUT2D eigenvalue weighted by Gasteiger charge is -2.41. The lowest BCUT2D eigenvalue weighted by atomic mass is 10.3. The Balaban J connectivity index is 2.88. The third-order valence-electron chi connectivity index (χ3n) is 4.83. The molecule has 1 rings (SSSR count). The molecular weight excluding hydrogens is 340 g/mol. The Morgan fingerprint density at radius 1 is 1.08 bits per heavy atom. The second-order valence-corrected chi connectivity index (χ2v) is 10.8. The molecule has 0 N–H and O–H groups in total. The zero-order valence-electron chi connectivity index (χ0n) is 16.8. The SMILES string of the molecule is CCC(OC(CC)[Si](CC)(CC)OC(C)=O)OC1(CC)OCCCO1. The smallest absolute Gasteiger partial charge is 0.289 e. The minimum Gasteiger partial charge on any atom is -0.517 e. The monoisotopic (exact) mass is 376 g/mol. The van der Waals surface area contributed by atoms with Gasteiger partial charge < -0.3 is 18.6 Å². The molecule has 0 aromatic heterocycles. The second kappa shape index (κ2) is 10.6. The number of rotatable bonds is 11. The normalized spacial score (nSPS) is 20.1. The molecule has 148 valence electrons. The molecule has 2 atom stereocenters. The summed E-state index contributed by atoms with van der Waals surface area (Å²) in [6.07, 6.45) is 2.46. The Bertz CT molecular complexity index is 393. The van der Waals surface area contributed by atoms with E-state index in [2.05, 4.69) is 20.8 Å². The van der Waals surface area contributed by atoms with E-state index in [1.165, 1.54) is 6.92 Å². The first-order valence-electron chi connectivity index (χ1n) is 9.71. The van der Waals surface area contributed by atoms with Gasteiger partial charge in [0, 0.05) is 13.3 Å². The van der Waals surface area contributed by atoms with E-state index in [4.69, 9.17) is 23.4 Å². The van der Waals surface area contributed by atoms with Gasteiger partial charge in [0.1, 0.15) is 0 Å². The maximum Gasteiger partial charge on any atom is 0.289 e. The fraction of sp³-hybridized carbons (Fsp3) is 0.944. The van der Waals surface area contributed by atoms with E-state index in [-0.39, 0.29) is 11.7 Å². The van der Waals surface area contributed by atoms with Crippen molar-refractivity contribution in [2.24, 2.45) is 0 Å². The van der Waals surface area contributed by atoms with E-state index in [0.717, 1.165) is 24.9 Å². The Morgan fingerprint density at radius 3 is 2.08 bits per heavy atom. The first-order valence-corrected chi connectivity index (χ1v) is 12.1. The van der Waals surface area contributed by atoms with E-state index in [0.29, 0.717) is 26.1 Å². The van der Waals surface area contributed by atoms with Gasteiger partial charge in [-0.2, -0.15) is 0 Å². The van der Waals surface area contributed by atoms with Crippen LogP contribution in [0.15, 0.2) is 0 Å². The molecular formula is C18H36O6Si. The van der Waals surface area contributed by atoms with Crippen molar-refractivity contribution in [2.45, 2.75) is 97.3 Å². The summed E-state index contributed by atoms with van der Waals surface area (Å²) in [5.74, 6) is -1.25. The van der Waals surface area contributed by atoms with Crippen molar-refractivity contribution in [3.05, 3.63) is 0 Å². The summed E-state index contributed by atoms with van der Waals surface area (Å²) in [6, 6.07) is 1.65. The van der Waals surface area contributed by atoms with Gasteiger partial charge in [-0.05, 0) is 31.4 Å². The molecule has 0 spiro atoms. The Kier molecular flexibility index (Phi) is 9.59.